The predicted octanol–water partition coefficient (Wildman–Crippen LogP) is 1.65. The molecule has 0 spiro atoms. The van der Waals surface area contributed by atoms with Gasteiger partial charge in [-0.25, -0.2) is 0 Å². The van der Waals surface area contributed by atoms with Crippen LogP contribution in [0.25, 0.3) is 0 Å². The summed E-state index contributed by atoms with van der Waals surface area (Å²) >= 11 is 6.01. The molecule has 1 aliphatic rings. The third kappa shape index (κ3) is 5.94. The van der Waals surface area contributed by atoms with Crippen molar-refractivity contribution in [1.82, 2.24) is 10.2 Å². The highest BCUT2D eigenvalue weighted by Gasteiger charge is 2.22. The van der Waals surface area contributed by atoms with Gasteiger partial charge in [-0.2, -0.15) is 0 Å². The van der Waals surface area contributed by atoms with Crippen LogP contribution >= 0.6 is 11.6 Å². The molecule has 0 aliphatic carbocycles. The Hall–Kier alpha value is -1.34. The molecule has 3 N–H and O–H groups in total. The van der Waals surface area contributed by atoms with E-state index in [2.05, 4.69) is 27.3 Å². The van der Waals surface area contributed by atoms with Gasteiger partial charge in [-0.05, 0) is 24.6 Å². The Morgan fingerprint density at radius 1 is 1.38 bits per heavy atom. The van der Waals surface area contributed by atoms with Crippen molar-refractivity contribution in [2.45, 2.75) is 19.0 Å². The van der Waals surface area contributed by atoms with Crippen LogP contribution in [0.15, 0.2) is 29.3 Å². The standard InChI is InChI=1S/C17H27ClN4O2/c1-13(12-23-2)21-17(19)20-11-16(22-7-9-24-10-8-22)14-3-5-15(18)6-4-14/h3-6,13,16H,7-12H2,1-2H3,(H3,19,20,21). The van der Waals surface area contributed by atoms with E-state index in [1.807, 2.05) is 19.1 Å². The first kappa shape index (κ1) is 19.0. The lowest BCUT2D eigenvalue weighted by molar-refractivity contribution is 0.0180. The van der Waals surface area contributed by atoms with Gasteiger partial charge < -0.3 is 20.5 Å². The van der Waals surface area contributed by atoms with Crippen LogP contribution in [0.5, 0.6) is 0 Å². The van der Waals surface area contributed by atoms with Gasteiger partial charge in [0.1, 0.15) is 0 Å². The van der Waals surface area contributed by atoms with Gasteiger partial charge in [0.25, 0.3) is 0 Å². The van der Waals surface area contributed by atoms with Gasteiger partial charge in [-0.1, -0.05) is 23.7 Å². The van der Waals surface area contributed by atoms with Crippen molar-refractivity contribution in [2.75, 3.05) is 46.6 Å². The fourth-order valence-electron chi connectivity index (χ4n) is 2.78. The molecule has 1 aliphatic heterocycles. The van der Waals surface area contributed by atoms with E-state index in [9.17, 15) is 0 Å². The predicted molar refractivity (Wildman–Crippen MR) is 97.5 cm³/mol. The van der Waals surface area contributed by atoms with Crippen LogP contribution < -0.4 is 11.1 Å². The van der Waals surface area contributed by atoms with Gasteiger partial charge in [0, 0.05) is 31.3 Å². The molecule has 0 aromatic heterocycles. The number of nitrogens with one attached hydrogen (secondary N) is 1. The van der Waals surface area contributed by atoms with Gasteiger partial charge in [0.2, 0.25) is 0 Å². The summed E-state index contributed by atoms with van der Waals surface area (Å²) in [6.45, 7) is 6.43. The molecule has 0 radical (unpaired) electrons. The number of nitrogens with two attached hydrogens (primary N) is 1. The maximum absolute atomic E-state index is 6.01. The summed E-state index contributed by atoms with van der Waals surface area (Å²) < 4.78 is 10.6. The highest BCUT2D eigenvalue weighted by atomic mass is 35.5. The summed E-state index contributed by atoms with van der Waals surface area (Å²) in [4.78, 5) is 6.91. The second kappa shape index (κ2) is 9.84. The Labute approximate surface area is 149 Å². The van der Waals surface area contributed by atoms with Crippen LogP contribution in [-0.4, -0.2) is 63.5 Å². The Morgan fingerprint density at radius 3 is 2.67 bits per heavy atom. The summed E-state index contributed by atoms with van der Waals surface area (Å²) in [7, 11) is 1.67. The minimum Gasteiger partial charge on any atom is -0.383 e. The SMILES string of the molecule is COCC(C)NC(N)=NCC(c1ccc(Cl)cc1)N1CCOCC1. The van der Waals surface area contributed by atoms with E-state index in [0.717, 1.165) is 31.3 Å². The van der Waals surface area contributed by atoms with E-state index >= 15 is 0 Å². The van der Waals surface area contributed by atoms with Crippen LogP contribution in [0.2, 0.25) is 5.02 Å². The molecule has 1 saturated heterocycles. The highest BCUT2D eigenvalue weighted by Crippen LogP contribution is 2.23. The molecule has 0 amide bonds. The van der Waals surface area contributed by atoms with Crippen LogP contribution in [-0.2, 0) is 9.47 Å². The minimum atomic E-state index is 0.121. The zero-order valence-electron chi connectivity index (χ0n) is 14.4. The maximum Gasteiger partial charge on any atom is 0.188 e. The van der Waals surface area contributed by atoms with Crippen LogP contribution in [0.3, 0.4) is 0 Å². The van der Waals surface area contributed by atoms with E-state index in [4.69, 9.17) is 26.8 Å². The molecule has 1 aromatic carbocycles. The fraction of sp³-hybridized carbons (Fsp3) is 0.588. The number of methoxy groups -OCH3 is 1. The minimum absolute atomic E-state index is 0.121. The summed E-state index contributed by atoms with van der Waals surface area (Å²) in [6, 6.07) is 8.21. The Balaban J connectivity index is 2.06. The second-order valence-electron chi connectivity index (χ2n) is 5.94. The van der Waals surface area contributed by atoms with Gasteiger partial charge >= 0.3 is 0 Å². The van der Waals surface area contributed by atoms with Gasteiger partial charge in [-0.3, -0.25) is 9.89 Å². The number of hydrogen-bond acceptors (Lipinski definition) is 4. The van der Waals surface area contributed by atoms with Crippen LogP contribution in [0.4, 0.5) is 0 Å². The molecule has 1 fully saturated rings. The smallest absolute Gasteiger partial charge is 0.188 e. The third-order valence-corrected chi connectivity index (χ3v) is 4.24. The number of morpholine rings is 1. The zero-order valence-corrected chi connectivity index (χ0v) is 15.1. The van der Waals surface area contributed by atoms with E-state index in [1.165, 1.54) is 5.56 Å². The number of rotatable bonds is 7. The monoisotopic (exact) mass is 354 g/mol. The molecular weight excluding hydrogens is 328 g/mol. The van der Waals surface area contributed by atoms with E-state index in [0.29, 0.717) is 19.1 Å². The topological polar surface area (TPSA) is 72.1 Å². The highest BCUT2D eigenvalue weighted by molar-refractivity contribution is 6.30. The Bertz CT molecular complexity index is 518. The average molecular weight is 355 g/mol. The molecule has 6 nitrogen and oxygen atoms in total. The van der Waals surface area contributed by atoms with Crippen LogP contribution in [0.1, 0.15) is 18.5 Å². The van der Waals surface area contributed by atoms with Crippen molar-refractivity contribution in [1.29, 1.82) is 0 Å². The van der Waals surface area contributed by atoms with E-state index < -0.39 is 0 Å². The van der Waals surface area contributed by atoms with Crippen molar-refractivity contribution in [2.24, 2.45) is 10.7 Å². The van der Waals surface area contributed by atoms with Gasteiger partial charge in [0.05, 0.1) is 32.4 Å². The van der Waals surface area contributed by atoms with Crippen LogP contribution in [0, 0.1) is 0 Å². The summed E-state index contributed by atoms with van der Waals surface area (Å²) in [5.41, 5.74) is 7.19. The molecule has 1 heterocycles. The van der Waals surface area contributed by atoms with Crippen molar-refractivity contribution >= 4 is 17.6 Å². The first-order valence-corrected chi connectivity index (χ1v) is 8.60. The molecule has 134 valence electrons. The number of aliphatic imine (C=N–C) groups is 1. The molecule has 2 rings (SSSR count). The first-order valence-electron chi connectivity index (χ1n) is 8.22. The lowest BCUT2D eigenvalue weighted by Crippen LogP contribution is -2.43. The molecule has 2 atom stereocenters. The average Bonchev–Trinajstić information content (AvgIpc) is 2.57. The Kier molecular flexibility index (Phi) is 7.78. The molecule has 0 bridgehead atoms. The number of benzene rings is 1. The summed E-state index contributed by atoms with van der Waals surface area (Å²) in [6.07, 6.45) is 0. The summed E-state index contributed by atoms with van der Waals surface area (Å²) in [5, 5.41) is 3.87. The lowest BCUT2D eigenvalue weighted by atomic mass is 10.0. The largest absolute Gasteiger partial charge is 0.383 e. The Morgan fingerprint density at radius 2 is 2.04 bits per heavy atom. The molecular formula is C17H27ClN4O2. The van der Waals surface area contributed by atoms with E-state index in [1.54, 1.807) is 7.11 Å². The molecule has 2 unspecified atom stereocenters. The van der Waals surface area contributed by atoms with Gasteiger partial charge in [0.15, 0.2) is 5.96 Å². The van der Waals surface area contributed by atoms with Crippen molar-refractivity contribution in [3.8, 4) is 0 Å². The number of halogens is 1. The molecule has 24 heavy (non-hydrogen) atoms. The molecule has 1 aromatic rings. The normalized spacial score (nSPS) is 19.0. The number of nitrogens with zero attached hydrogens (tertiary/aromatic N) is 2. The molecule has 0 saturated carbocycles. The molecule has 7 heteroatoms. The third-order valence-electron chi connectivity index (χ3n) is 3.99. The zero-order chi connectivity index (χ0) is 17.4. The van der Waals surface area contributed by atoms with Crippen molar-refractivity contribution < 1.29 is 9.47 Å². The fourth-order valence-corrected chi connectivity index (χ4v) is 2.91. The van der Waals surface area contributed by atoms with Crippen molar-refractivity contribution in [3.63, 3.8) is 0 Å². The number of ether oxygens (including phenoxy) is 2. The number of guanidine groups is 1. The van der Waals surface area contributed by atoms with E-state index in [-0.39, 0.29) is 12.1 Å². The second-order valence-corrected chi connectivity index (χ2v) is 6.38. The quantitative estimate of drug-likeness (QED) is 0.575. The van der Waals surface area contributed by atoms with Crippen molar-refractivity contribution in [3.05, 3.63) is 34.9 Å². The first-order chi connectivity index (χ1) is 11.6. The maximum atomic E-state index is 6.01. The van der Waals surface area contributed by atoms with Gasteiger partial charge in [-0.15, -0.1) is 0 Å². The number of hydrogen-bond donors (Lipinski definition) is 2. The lowest BCUT2D eigenvalue weighted by Gasteiger charge is -2.34. The summed E-state index contributed by atoms with van der Waals surface area (Å²) in [5.74, 6) is 0.437.